The summed E-state index contributed by atoms with van der Waals surface area (Å²) < 4.78 is 10.4. The number of anilines is 1. The largest absolute Gasteiger partial charge is 0.497 e. The van der Waals surface area contributed by atoms with Crippen molar-refractivity contribution in [1.82, 2.24) is 0 Å². The lowest BCUT2D eigenvalue weighted by Crippen LogP contribution is -2.45. The molecule has 0 bridgehead atoms. The number of carboxylic acids is 1. The van der Waals surface area contributed by atoms with Crippen LogP contribution < -0.4 is 14.8 Å². The quantitative estimate of drug-likeness (QED) is 0.691. The number of carbonyl (C=O) groups is 2. The van der Waals surface area contributed by atoms with Gasteiger partial charge in [-0.3, -0.25) is 9.59 Å². The van der Waals surface area contributed by atoms with Gasteiger partial charge in [-0.15, -0.1) is 0 Å². The average Bonchev–Trinajstić information content (AvgIpc) is 3.16. The van der Waals surface area contributed by atoms with Gasteiger partial charge >= 0.3 is 5.97 Å². The molecule has 0 aliphatic carbocycles. The third-order valence-electron chi connectivity index (χ3n) is 4.58. The predicted molar refractivity (Wildman–Crippen MR) is 112 cm³/mol. The number of hydrogen-bond acceptors (Lipinski definition) is 6. The van der Waals surface area contributed by atoms with Gasteiger partial charge < -0.3 is 24.7 Å². The summed E-state index contributed by atoms with van der Waals surface area (Å²) >= 11 is 0. The van der Waals surface area contributed by atoms with Gasteiger partial charge in [-0.1, -0.05) is 41.6 Å². The summed E-state index contributed by atoms with van der Waals surface area (Å²) in [6.45, 7) is 0. The molecule has 1 amide bonds. The molecule has 0 spiro atoms. The third-order valence-corrected chi connectivity index (χ3v) is 4.58. The van der Waals surface area contributed by atoms with Crippen molar-refractivity contribution in [3.8, 4) is 11.5 Å². The molecule has 2 aromatic rings. The minimum absolute atomic E-state index is 0.0146. The first-order valence-corrected chi connectivity index (χ1v) is 9.19. The Labute approximate surface area is 173 Å². The molecule has 2 aromatic carbocycles. The van der Waals surface area contributed by atoms with E-state index in [1.807, 2.05) is 36.4 Å². The average molecular weight is 410 g/mol. The van der Waals surface area contributed by atoms with Crippen molar-refractivity contribution in [3.05, 3.63) is 60.2 Å². The van der Waals surface area contributed by atoms with Gasteiger partial charge in [0.25, 0.3) is 5.91 Å². The van der Waals surface area contributed by atoms with Crippen molar-refractivity contribution >= 4 is 29.4 Å². The van der Waals surface area contributed by atoms with Gasteiger partial charge in [0.15, 0.2) is 0 Å². The zero-order valence-electron chi connectivity index (χ0n) is 16.6. The van der Waals surface area contributed by atoms with Gasteiger partial charge in [-0.25, -0.2) is 0 Å². The number of carbonyl (C=O) groups excluding carboxylic acids is 1. The van der Waals surface area contributed by atoms with E-state index in [0.717, 1.165) is 5.56 Å². The van der Waals surface area contributed by atoms with Gasteiger partial charge in [-0.05, 0) is 23.8 Å². The summed E-state index contributed by atoms with van der Waals surface area (Å²) in [5.74, 6) is -0.902. The molecule has 0 saturated carbocycles. The molecule has 0 fully saturated rings. The highest BCUT2D eigenvalue weighted by Crippen LogP contribution is 2.34. The summed E-state index contributed by atoms with van der Waals surface area (Å²) in [6, 6.07) is 14.4. The van der Waals surface area contributed by atoms with Gasteiger partial charge in [0, 0.05) is 12.5 Å². The molecule has 0 unspecified atom stereocenters. The minimum atomic E-state index is -1.67. The molecule has 8 nitrogen and oxygen atoms in total. The van der Waals surface area contributed by atoms with E-state index in [2.05, 4.69) is 10.5 Å². The molecule has 156 valence electrons. The Balaban J connectivity index is 1.80. The van der Waals surface area contributed by atoms with E-state index in [9.17, 15) is 14.7 Å². The van der Waals surface area contributed by atoms with Crippen LogP contribution in [0.3, 0.4) is 0 Å². The van der Waals surface area contributed by atoms with Gasteiger partial charge in [0.1, 0.15) is 11.5 Å². The molecule has 0 aromatic heterocycles. The molecular weight excluding hydrogens is 388 g/mol. The highest BCUT2D eigenvalue weighted by atomic mass is 16.7. The molecular formula is C22H22N2O6. The maximum Gasteiger partial charge on any atom is 0.308 e. The first-order chi connectivity index (χ1) is 14.5. The molecule has 8 heteroatoms. The number of ether oxygens (including phenoxy) is 2. The normalized spacial score (nSPS) is 17.9. The lowest BCUT2D eigenvalue weighted by molar-refractivity contribution is -0.152. The summed E-state index contributed by atoms with van der Waals surface area (Å²) in [6.07, 6.45) is 3.00. The molecule has 1 atom stereocenters. The maximum atomic E-state index is 13.1. The number of carboxylic acid groups (broad SMARTS) is 1. The minimum Gasteiger partial charge on any atom is -0.497 e. The van der Waals surface area contributed by atoms with Crippen LogP contribution in [0, 0.1) is 0 Å². The smallest absolute Gasteiger partial charge is 0.308 e. The van der Waals surface area contributed by atoms with E-state index < -0.39 is 23.9 Å². The standard InChI is InChI=1S/C22H22N2O6/c1-28-17-10-11-19(29-2)18(12-17)23-21(27)22(14-20(25)26)13-16(24-30-22)9-8-15-6-4-3-5-7-15/h3-12H,13-14H2,1-2H3,(H,23,27)(H,25,26)/t22-/m0/s1. The zero-order chi connectivity index (χ0) is 21.6. The zero-order valence-corrected chi connectivity index (χ0v) is 16.6. The van der Waals surface area contributed by atoms with Crippen LogP contribution in [0.1, 0.15) is 18.4 Å². The molecule has 2 N–H and O–H groups in total. The molecule has 30 heavy (non-hydrogen) atoms. The van der Waals surface area contributed by atoms with Crippen molar-refractivity contribution in [2.45, 2.75) is 18.4 Å². The van der Waals surface area contributed by atoms with E-state index in [-0.39, 0.29) is 6.42 Å². The van der Waals surface area contributed by atoms with E-state index in [4.69, 9.17) is 14.3 Å². The second-order valence-corrected chi connectivity index (χ2v) is 6.68. The van der Waals surface area contributed by atoms with Crippen molar-refractivity contribution in [2.24, 2.45) is 5.16 Å². The Bertz CT molecular complexity index is 986. The van der Waals surface area contributed by atoms with Crippen LogP contribution in [0.5, 0.6) is 11.5 Å². The third kappa shape index (κ3) is 4.78. The number of hydrogen-bond donors (Lipinski definition) is 2. The topological polar surface area (TPSA) is 106 Å². The number of oxime groups is 1. The van der Waals surface area contributed by atoms with Gasteiger partial charge in [0.05, 0.1) is 32.0 Å². The van der Waals surface area contributed by atoms with Gasteiger partial charge in [-0.2, -0.15) is 0 Å². The van der Waals surface area contributed by atoms with Crippen molar-refractivity contribution in [1.29, 1.82) is 0 Å². The second kappa shape index (κ2) is 9.13. The number of nitrogens with one attached hydrogen (secondary N) is 1. The van der Waals surface area contributed by atoms with Crippen molar-refractivity contribution < 1.29 is 29.0 Å². The van der Waals surface area contributed by atoms with Crippen LogP contribution >= 0.6 is 0 Å². The van der Waals surface area contributed by atoms with Crippen molar-refractivity contribution in [3.63, 3.8) is 0 Å². The molecule has 3 rings (SSSR count). The lowest BCUT2D eigenvalue weighted by atomic mass is 9.92. The molecule has 1 aliphatic heterocycles. The Kier molecular flexibility index (Phi) is 6.36. The Morgan fingerprint density at radius 1 is 1.17 bits per heavy atom. The Morgan fingerprint density at radius 2 is 1.93 bits per heavy atom. The molecule has 1 aliphatic rings. The molecule has 0 radical (unpaired) electrons. The fourth-order valence-corrected chi connectivity index (χ4v) is 3.04. The SMILES string of the molecule is COc1ccc(OC)c(NC(=O)[C@@]2(CC(=O)O)CC(C=Cc3ccccc3)=NO2)c1. The fourth-order valence-electron chi connectivity index (χ4n) is 3.04. The number of aliphatic carboxylic acids is 1. The summed E-state index contributed by atoms with van der Waals surface area (Å²) in [4.78, 5) is 29.9. The van der Waals surface area contributed by atoms with Crippen LogP contribution in [0.2, 0.25) is 0 Å². The van der Waals surface area contributed by atoms with Crippen LogP contribution in [0.15, 0.2) is 59.8 Å². The molecule has 0 saturated heterocycles. The lowest BCUT2D eigenvalue weighted by Gasteiger charge is -2.24. The molecule has 1 heterocycles. The van der Waals surface area contributed by atoms with Gasteiger partial charge in [0.2, 0.25) is 5.60 Å². The number of nitrogens with zero attached hydrogens (tertiary/aromatic N) is 1. The maximum absolute atomic E-state index is 13.1. The number of rotatable bonds is 8. The first kappa shape index (κ1) is 20.9. The van der Waals surface area contributed by atoms with E-state index in [1.165, 1.54) is 14.2 Å². The number of methoxy groups -OCH3 is 2. The Hall–Kier alpha value is -3.81. The second-order valence-electron chi connectivity index (χ2n) is 6.68. The fraction of sp³-hybridized carbons (Fsp3) is 0.227. The monoisotopic (exact) mass is 410 g/mol. The van der Waals surface area contributed by atoms with Crippen LogP contribution in [-0.2, 0) is 14.4 Å². The van der Waals surface area contributed by atoms with Crippen molar-refractivity contribution in [2.75, 3.05) is 19.5 Å². The summed E-state index contributed by atoms with van der Waals surface area (Å²) in [5.41, 5.74) is 0.0777. The van der Waals surface area contributed by atoms with Crippen LogP contribution in [0.4, 0.5) is 5.69 Å². The number of allylic oxidation sites excluding steroid dienone is 1. The summed E-state index contributed by atoms with van der Waals surface area (Å²) in [5, 5.41) is 16.0. The number of amides is 1. The first-order valence-electron chi connectivity index (χ1n) is 9.19. The Morgan fingerprint density at radius 3 is 2.60 bits per heavy atom. The highest BCUT2D eigenvalue weighted by Gasteiger charge is 2.48. The predicted octanol–water partition coefficient (Wildman–Crippen LogP) is 3.35. The van der Waals surface area contributed by atoms with E-state index >= 15 is 0 Å². The summed E-state index contributed by atoms with van der Waals surface area (Å²) in [7, 11) is 2.96. The van der Waals surface area contributed by atoms with E-state index in [1.54, 1.807) is 24.3 Å². The van der Waals surface area contributed by atoms with Crippen LogP contribution in [-0.4, -0.2) is 42.5 Å². The van der Waals surface area contributed by atoms with Crippen LogP contribution in [0.25, 0.3) is 6.08 Å². The number of benzene rings is 2. The highest BCUT2D eigenvalue weighted by molar-refractivity contribution is 6.08. The van der Waals surface area contributed by atoms with E-state index in [0.29, 0.717) is 22.9 Å².